The van der Waals surface area contributed by atoms with Crippen LogP contribution in [-0.4, -0.2) is 88.7 Å². The summed E-state index contributed by atoms with van der Waals surface area (Å²) in [7, 11) is 4.15. The third kappa shape index (κ3) is 4.61. The van der Waals surface area contributed by atoms with Gasteiger partial charge in [0, 0.05) is 37.1 Å². The molecule has 2 saturated heterocycles. The van der Waals surface area contributed by atoms with E-state index in [-0.39, 0.29) is 5.91 Å². The van der Waals surface area contributed by atoms with E-state index in [1.165, 1.54) is 12.8 Å². The van der Waals surface area contributed by atoms with Gasteiger partial charge in [0.15, 0.2) is 5.65 Å². The number of carbonyl (C=O) groups excluding carboxylic acids is 1. The van der Waals surface area contributed by atoms with E-state index in [1.807, 2.05) is 21.8 Å². The molecular weight excluding hydrogens is 364 g/mol. The third-order valence-corrected chi connectivity index (χ3v) is 6.46. The van der Waals surface area contributed by atoms with Gasteiger partial charge in [0.25, 0.3) is 0 Å². The van der Waals surface area contributed by atoms with Gasteiger partial charge in [0.1, 0.15) is 0 Å². The summed E-state index contributed by atoms with van der Waals surface area (Å²) in [6.07, 6.45) is 5.24. The highest BCUT2D eigenvalue weighted by Gasteiger charge is 2.31. The third-order valence-electron chi connectivity index (χ3n) is 6.46. The van der Waals surface area contributed by atoms with Crippen molar-refractivity contribution in [3.63, 3.8) is 0 Å². The van der Waals surface area contributed by atoms with Crippen LogP contribution in [0.3, 0.4) is 0 Å². The number of nitrogens with zero attached hydrogens (tertiary/aromatic N) is 6. The van der Waals surface area contributed by atoms with Crippen LogP contribution in [0.5, 0.6) is 0 Å². The van der Waals surface area contributed by atoms with Crippen molar-refractivity contribution >= 4 is 16.9 Å². The molecule has 0 bridgehead atoms. The largest absolute Gasteiger partial charge is 0.341 e. The molecular formula is C22H34N6O. The minimum absolute atomic E-state index is 0.275. The number of likely N-dealkylation sites (N-methyl/N-ethyl adjacent to an activating group) is 1. The SMILES string of the molecule is CC1CCN(CC(=O)N2CC[C@H](c3nn(CCN(C)C)c4ncccc34)C2)CC1. The van der Waals surface area contributed by atoms with Gasteiger partial charge in [-0.2, -0.15) is 5.10 Å². The number of likely N-dealkylation sites (tertiary alicyclic amines) is 2. The Morgan fingerprint density at radius 1 is 1.21 bits per heavy atom. The van der Waals surface area contributed by atoms with Crippen LogP contribution >= 0.6 is 0 Å². The van der Waals surface area contributed by atoms with Crippen molar-refractivity contribution in [1.82, 2.24) is 29.5 Å². The molecule has 158 valence electrons. The van der Waals surface area contributed by atoms with E-state index in [0.717, 1.165) is 68.3 Å². The second-order valence-electron chi connectivity index (χ2n) is 9.07. The average Bonchev–Trinajstić information content (AvgIpc) is 3.33. The van der Waals surface area contributed by atoms with Crippen LogP contribution in [0.25, 0.3) is 11.0 Å². The summed E-state index contributed by atoms with van der Waals surface area (Å²) in [4.78, 5) is 24.0. The zero-order valence-electron chi connectivity index (χ0n) is 18.0. The summed E-state index contributed by atoms with van der Waals surface area (Å²) in [5.74, 6) is 1.37. The van der Waals surface area contributed by atoms with Gasteiger partial charge < -0.3 is 9.80 Å². The fourth-order valence-electron chi connectivity index (χ4n) is 4.51. The van der Waals surface area contributed by atoms with Gasteiger partial charge in [-0.3, -0.25) is 9.69 Å². The van der Waals surface area contributed by atoms with Crippen LogP contribution in [-0.2, 0) is 11.3 Å². The Hall–Kier alpha value is -1.99. The highest BCUT2D eigenvalue weighted by Crippen LogP contribution is 2.31. The molecule has 0 radical (unpaired) electrons. The molecule has 29 heavy (non-hydrogen) atoms. The topological polar surface area (TPSA) is 57.5 Å². The van der Waals surface area contributed by atoms with Crippen LogP contribution in [0.1, 0.15) is 37.8 Å². The maximum absolute atomic E-state index is 12.9. The monoisotopic (exact) mass is 398 g/mol. The summed E-state index contributed by atoms with van der Waals surface area (Å²) in [6.45, 7) is 8.34. The van der Waals surface area contributed by atoms with Crippen LogP contribution in [0.2, 0.25) is 0 Å². The van der Waals surface area contributed by atoms with E-state index in [2.05, 4.69) is 41.9 Å². The molecule has 2 aromatic heterocycles. The molecule has 7 heteroatoms. The molecule has 0 aliphatic carbocycles. The summed E-state index contributed by atoms with van der Waals surface area (Å²) in [5.41, 5.74) is 2.06. The number of piperidine rings is 1. The molecule has 7 nitrogen and oxygen atoms in total. The van der Waals surface area contributed by atoms with E-state index < -0.39 is 0 Å². The first-order chi connectivity index (χ1) is 14.0. The quantitative estimate of drug-likeness (QED) is 0.745. The van der Waals surface area contributed by atoms with E-state index in [9.17, 15) is 4.79 Å². The second kappa shape index (κ2) is 8.79. The Morgan fingerprint density at radius 3 is 2.76 bits per heavy atom. The Bertz CT molecular complexity index is 839. The minimum Gasteiger partial charge on any atom is -0.341 e. The van der Waals surface area contributed by atoms with Gasteiger partial charge in [-0.1, -0.05) is 6.92 Å². The van der Waals surface area contributed by atoms with Crippen molar-refractivity contribution in [3.05, 3.63) is 24.0 Å². The summed E-state index contributed by atoms with van der Waals surface area (Å²) in [5, 5.41) is 6.07. The maximum atomic E-state index is 12.9. The van der Waals surface area contributed by atoms with Gasteiger partial charge in [-0.15, -0.1) is 0 Å². The van der Waals surface area contributed by atoms with E-state index in [4.69, 9.17) is 5.10 Å². The fourth-order valence-corrected chi connectivity index (χ4v) is 4.51. The Morgan fingerprint density at radius 2 is 2.00 bits per heavy atom. The standard InChI is InChI=1S/C22H34N6O/c1-17-6-10-26(11-7-17)16-20(29)27-12-8-18(15-27)21-19-5-4-9-23-22(19)28(24-21)14-13-25(2)3/h4-5,9,17-18H,6-8,10-16H2,1-3H3/t18-/m0/s1. The summed E-state index contributed by atoms with van der Waals surface area (Å²) >= 11 is 0. The number of hydrogen-bond acceptors (Lipinski definition) is 5. The zero-order chi connectivity index (χ0) is 20.4. The summed E-state index contributed by atoms with van der Waals surface area (Å²) < 4.78 is 2.03. The van der Waals surface area contributed by atoms with E-state index in [0.29, 0.717) is 12.5 Å². The smallest absolute Gasteiger partial charge is 0.236 e. The lowest BCUT2D eigenvalue weighted by Gasteiger charge is -2.30. The van der Waals surface area contributed by atoms with Crippen LogP contribution < -0.4 is 0 Å². The molecule has 4 heterocycles. The predicted octanol–water partition coefficient (Wildman–Crippen LogP) is 2.04. The maximum Gasteiger partial charge on any atom is 0.236 e. The molecule has 1 amide bonds. The lowest BCUT2D eigenvalue weighted by Crippen LogP contribution is -2.42. The molecule has 0 spiro atoms. The number of rotatable bonds is 6. The van der Waals surface area contributed by atoms with Gasteiger partial charge in [-0.05, 0) is 64.5 Å². The van der Waals surface area contributed by atoms with Crippen molar-refractivity contribution in [2.45, 2.75) is 38.6 Å². The van der Waals surface area contributed by atoms with Crippen molar-refractivity contribution < 1.29 is 4.79 Å². The number of carbonyl (C=O) groups is 1. The molecule has 0 aromatic carbocycles. The molecule has 0 saturated carbocycles. The number of pyridine rings is 1. The molecule has 1 atom stereocenters. The molecule has 2 aliphatic rings. The van der Waals surface area contributed by atoms with Crippen LogP contribution in [0, 0.1) is 5.92 Å². The van der Waals surface area contributed by atoms with Gasteiger partial charge in [0.05, 0.1) is 18.8 Å². The van der Waals surface area contributed by atoms with Crippen molar-refractivity contribution in [1.29, 1.82) is 0 Å². The highest BCUT2D eigenvalue weighted by atomic mass is 16.2. The molecule has 2 aromatic rings. The molecule has 2 fully saturated rings. The first-order valence-electron chi connectivity index (χ1n) is 11.0. The number of hydrogen-bond donors (Lipinski definition) is 0. The van der Waals surface area contributed by atoms with Gasteiger partial charge >= 0.3 is 0 Å². The second-order valence-corrected chi connectivity index (χ2v) is 9.07. The fraction of sp³-hybridized carbons (Fsp3) is 0.682. The predicted molar refractivity (Wildman–Crippen MR) is 115 cm³/mol. The molecule has 2 aliphatic heterocycles. The molecule has 0 N–H and O–H groups in total. The number of amides is 1. The van der Waals surface area contributed by atoms with Crippen LogP contribution in [0.15, 0.2) is 18.3 Å². The summed E-state index contributed by atoms with van der Waals surface area (Å²) in [6, 6.07) is 4.11. The zero-order valence-corrected chi connectivity index (χ0v) is 18.0. The Kier molecular flexibility index (Phi) is 6.15. The normalized spacial score (nSPS) is 21.5. The Balaban J connectivity index is 1.43. The minimum atomic E-state index is 0.275. The lowest BCUT2D eigenvalue weighted by atomic mass is 9.99. The van der Waals surface area contributed by atoms with Gasteiger partial charge in [0.2, 0.25) is 5.91 Å². The highest BCUT2D eigenvalue weighted by molar-refractivity contribution is 5.80. The molecule has 0 unspecified atom stereocenters. The molecule has 4 rings (SSSR count). The number of aromatic nitrogens is 3. The van der Waals surface area contributed by atoms with Gasteiger partial charge in [-0.25, -0.2) is 9.67 Å². The van der Waals surface area contributed by atoms with Crippen molar-refractivity contribution in [2.75, 3.05) is 53.4 Å². The number of fused-ring (bicyclic) bond motifs is 1. The van der Waals surface area contributed by atoms with E-state index in [1.54, 1.807) is 0 Å². The van der Waals surface area contributed by atoms with Crippen molar-refractivity contribution in [2.24, 2.45) is 5.92 Å². The van der Waals surface area contributed by atoms with Crippen molar-refractivity contribution in [3.8, 4) is 0 Å². The lowest BCUT2D eigenvalue weighted by molar-refractivity contribution is -0.131. The first kappa shape index (κ1) is 20.3. The van der Waals surface area contributed by atoms with Crippen LogP contribution in [0.4, 0.5) is 0 Å². The Labute approximate surface area is 173 Å². The first-order valence-corrected chi connectivity index (χ1v) is 11.0. The van der Waals surface area contributed by atoms with E-state index >= 15 is 0 Å². The average molecular weight is 399 g/mol.